The molecule has 1 heterocycles. The molecule has 0 amide bonds. The van der Waals surface area contributed by atoms with Crippen molar-refractivity contribution in [2.24, 2.45) is 5.92 Å². The number of nitrogens with zero attached hydrogens (tertiary/aromatic N) is 3. The number of aromatic nitrogens is 2. The molecule has 0 radical (unpaired) electrons. The molecule has 1 aromatic carbocycles. The Balaban J connectivity index is 2.57. The van der Waals surface area contributed by atoms with E-state index in [2.05, 4.69) is 42.4 Å². The van der Waals surface area contributed by atoms with Gasteiger partial charge in [0.1, 0.15) is 5.75 Å². The maximum absolute atomic E-state index is 6.15. The zero-order valence-electron chi connectivity index (χ0n) is 12.9. The second kappa shape index (κ2) is 5.71. The summed E-state index contributed by atoms with van der Waals surface area (Å²) in [4.78, 5) is 6.64. The summed E-state index contributed by atoms with van der Waals surface area (Å²) in [5.41, 5.74) is 8.09. The molecule has 2 aromatic rings. The minimum absolute atomic E-state index is 0.280. The van der Waals surface area contributed by atoms with Gasteiger partial charge in [-0.3, -0.25) is 0 Å². The normalized spacial score (nSPS) is 13.3. The molecule has 0 bridgehead atoms. The number of anilines is 1. The van der Waals surface area contributed by atoms with E-state index in [1.807, 2.05) is 18.2 Å². The van der Waals surface area contributed by atoms with E-state index in [1.165, 1.54) is 0 Å². The van der Waals surface area contributed by atoms with Crippen molar-refractivity contribution >= 4 is 17.0 Å². The van der Waals surface area contributed by atoms with Crippen molar-refractivity contribution in [3.05, 3.63) is 18.2 Å². The molecule has 0 saturated heterocycles. The molecule has 0 spiro atoms. The summed E-state index contributed by atoms with van der Waals surface area (Å²) in [6.45, 7) is 5.34. The number of nitrogen functional groups attached to an aromatic ring is 1. The van der Waals surface area contributed by atoms with Crippen molar-refractivity contribution in [2.45, 2.75) is 19.9 Å². The Labute approximate surface area is 120 Å². The van der Waals surface area contributed by atoms with E-state index >= 15 is 0 Å². The van der Waals surface area contributed by atoms with Crippen LogP contribution in [0.25, 0.3) is 11.0 Å². The molecule has 2 N–H and O–H groups in total. The monoisotopic (exact) mass is 276 g/mol. The number of rotatable bonds is 5. The van der Waals surface area contributed by atoms with Crippen LogP contribution in [0, 0.1) is 5.92 Å². The summed E-state index contributed by atoms with van der Waals surface area (Å²) in [6.07, 6.45) is 0. The summed E-state index contributed by atoms with van der Waals surface area (Å²) in [6, 6.07) is 6.15. The van der Waals surface area contributed by atoms with Crippen molar-refractivity contribution in [2.75, 3.05) is 33.5 Å². The number of likely N-dealkylation sites (N-methyl/N-ethyl adjacent to an activating group) is 1. The molecule has 1 aromatic heterocycles. The minimum atomic E-state index is 0.280. The first-order valence-corrected chi connectivity index (χ1v) is 6.90. The standard InChI is InChI=1S/C15H24N4O/c1-10(2)14(9-18(3)4)19-13-8-11(20-5)6-7-12(13)17-15(19)16/h6-8,10,14H,9H2,1-5H3,(H2,16,17). The van der Waals surface area contributed by atoms with E-state index in [9.17, 15) is 0 Å². The number of methoxy groups -OCH3 is 1. The van der Waals surface area contributed by atoms with Gasteiger partial charge in [0, 0.05) is 12.6 Å². The molecule has 5 nitrogen and oxygen atoms in total. The number of hydrogen-bond acceptors (Lipinski definition) is 4. The highest BCUT2D eigenvalue weighted by atomic mass is 16.5. The van der Waals surface area contributed by atoms with Crippen LogP contribution in [-0.4, -0.2) is 42.2 Å². The van der Waals surface area contributed by atoms with Crippen molar-refractivity contribution in [1.82, 2.24) is 14.5 Å². The molecular weight excluding hydrogens is 252 g/mol. The highest BCUT2D eigenvalue weighted by Gasteiger charge is 2.21. The van der Waals surface area contributed by atoms with Crippen LogP contribution in [0.4, 0.5) is 5.95 Å². The Morgan fingerprint density at radius 2 is 2.05 bits per heavy atom. The Kier molecular flexibility index (Phi) is 4.18. The summed E-state index contributed by atoms with van der Waals surface area (Å²) in [7, 11) is 5.82. The molecule has 1 atom stereocenters. The van der Waals surface area contributed by atoms with Crippen molar-refractivity contribution < 1.29 is 4.74 Å². The van der Waals surface area contributed by atoms with Gasteiger partial charge >= 0.3 is 0 Å². The third-order valence-electron chi connectivity index (χ3n) is 3.58. The van der Waals surface area contributed by atoms with E-state index in [-0.39, 0.29) is 6.04 Å². The second-order valence-electron chi connectivity index (χ2n) is 5.77. The first-order valence-electron chi connectivity index (χ1n) is 6.90. The van der Waals surface area contributed by atoms with Gasteiger partial charge in [-0.2, -0.15) is 0 Å². The van der Waals surface area contributed by atoms with E-state index in [0.717, 1.165) is 23.3 Å². The van der Waals surface area contributed by atoms with Gasteiger partial charge < -0.3 is 19.9 Å². The van der Waals surface area contributed by atoms with Gasteiger partial charge in [0.15, 0.2) is 0 Å². The molecule has 0 fully saturated rings. The summed E-state index contributed by atoms with van der Waals surface area (Å²) < 4.78 is 7.44. The third-order valence-corrected chi connectivity index (χ3v) is 3.58. The number of ether oxygens (including phenoxy) is 1. The van der Waals surface area contributed by atoms with Gasteiger partial charge in [0.05, 0.1) is 24.2 Å². The SMILES string of the molecule is COc1ccc2nc(N)n(C(CN(C)C)C(C)C)c2c1. The van der Waals surface area contributed by atoms with Crippen molar-refractivity contribution in [1.29, 1.82) is 0 Å². The topological polar surface area (TPSA) is 56.3 Å². The first-order chi connectivity index (χ1) is 9.43. The lowest BCUT2D eigenvalue weighted by Crippen LogP contribution is -2.28. The lowest BCUT2D eigenvalue weighted by molar-refractivity contribution is 0.275. The van der Waals surface area contributed by atoms with Gasteiger partial charge in [-0.05, 0) is 32.1 Å². The third kappa shape index (κ3) is 2.72. The predicted octanol–water partition coefficient (Wildman–Crippen LogP) is 2.39. The van der Waals surface area contributed by atoms with E-state index in [0.29, 0.717) is 11.9 Å². The molecular formula is C15H24N4O. The van der Waals surface area contributed by atoms with Crippen LogP contribution in [0.15, 0.2) is 18.2 Å². The van der Waals surface area contributed by atoms with E-state index < -0.39 is 0 Å². The fraction of sp³-hybridized carbons (Fsp3) is 0.533. The molecule has 0 aliphatic heterocycles. The molecule has 20 heavy (non-hydrogen) atoms. The van der Waals surface area contributed by atoms with Gasteiger partial charge in [0.2, 0.25) is 5.95 Å². The van der Waals surface area contributed by atoms with Crippen molar-refractivity contribution in [3.8, 4) is 5.75 Å². The zero-order valence-corrected chi connectivity index (χ0v) is 12.9. The Bertz CT molecular complexity index is 589. The van der Waals surface area contributed by atoms with E-state index in [1.54, 1.807) is 7.11 Å². The van der Waals surface area contributed by atoms with Crippen LogP contribution >= 0.6 is 0 Å². The molecule has 2 rings (SSSR count). The number of imidazole rings is 1. The smallest absolute Gasteiger partial charge is 0.201 e. The molecule has 5 heteroatoms. The first kappa shape index (κ1) is 14.7. The fourth-order valence-corrected chi connectivity index (χ4v) is 2.53. The quantitative estimate of drug-likeness (QED) is 0.911. The van der Waals surface area contributed by atoms with Crippen LogP contribution in [-0.2, 0) is 0 Å². The van der Waals surface area contributed by atoms with Crippen LogP contribution in [0.2, 0.25) is 0 Å². The summed E-state index contributed by atoms with van der Waals surface area (Å²) in [5.74, 6) is 1.85. The lowest BCUT2D eigenvalue weighted by atomic mass is 10.0. The zero-order chi connectivity index (χ0) is 14.9. The molecule has 0 aliphatic rings. The Morgan fingerprint density at radius 1 is 1.35 bits per heavy atom. The lowest BCUT2D eigenvalue weighted by Gasteiger charge is -2.27. The molecule has 0 aliphatic carbocycles. The maximum atomic E-state index is 6.15. The van der Waals surface area contributed by atoms with Crippen LogP contribution in [0.1, 0.15) is 19.9 Å². The molecule has 0 saturated carbocycles. The average Bonchev–Trinajstić information content (AvgIpc) is 2.70. The van der Waals surface area contributed by atoms with Gasteiger partial charge in [-0.25, -0.2) is 4.98 Å². The van der Waals surface area contributed by atoms with Crippen LogP contribution < -0.4 is 10.5 Å². The van der Waals surface area contributed by atoms with Crippen molar-refractivity contribution in [3.63, 3.8) is 0 Å². The summed E-state index contributed by atoms with van der Waals surface area (Å²) >= 11 is 0. The highest BCUT2D eigenvalue weighted by Crippen LogP contribution is 2.30. The summed E-state index contributed by atoms with van der Waals surface area (Å²) in [5, 5.41) is 0. The Hall–Kier alpha value is -1.75. The number of benzene rings is 1. The number of fused-ring (bicyclic) bond motifs is 1. The maximum Gasteiger partial charge on any atom is 0.201 e. The number of hydrogen-bond donors (Lipinski definition) is 1. The van der Waals surface area contributed by atoms with Gasteiger partial charge in [-0.1, -0.05) is 13.8 Å². The highest BCUT2D eigenvalue weighted by molar-refractivity contribution is 5.80. The Morgan fingerprint density at radius 3 is 2.60 bits per heavy atom. The fourth-order valence-electron chi connectivity index (χ4n) is 2.53. The predicted molar refractivity (Wildman–Crippen MR) is 83.1 cm³/mol. The van der Waals surface area contributed by atoms with E-state index in [4.69, 9.17) is 10.5 Å². The van der Waals surface area contributed by atoms with Gasteiger partial charge in [-0.15, -0.1) is 0 Å². The van der Waals surface area contributed by atoms with Gasteiger partial charge in [0.25, 0.3) is 0 Å². The second-order valence-corrected chi connectivity index (χ2v) is 5.77. The average molecular weight is 276 g/mol. The van der Waals surface area contributed by atoms with Crippen LogP contribution in [0.5, 0.6) is 5.75 Å². The largest absolute Gasteiger partial charge is 0.497 e. The molecule has 1 unspecified atom stereocenters. The van der Waals surface area contributed by atoms with Crippen LogP contribution in [0.3, 0.4) is 0 Å². The minimum Gasteiger partial charge on any atom is -0.497 e. The molecule has 110 valence electrons. The number of nitrogens with two attached hydrogens (primary N) is 1.